The Bertz CT molecular complexity index is 255. The van der Waals surface area contributed by atoms with Gasteiger partial charge in [0.1, 0.15) is 0 Å². The number of rotatable bonds is 3. The van der Waals surface area contributed by atoms with E-state index in [1.807, 2.05) is 6.92 Å². The molecule has 0 saturated heterocycles. The summed E-state index contributed by atoms with van der Waals surface area (Å²) >= 11 is 0. The van der Waals surface area contributed by atoms with Crippen LogP contribution in [0.5, 0.6) is 0 Å². The molecule has 0 rings (SSSR count). The monoisotopic (exact) mass is 266 g/mol. The maximum atomic E-state index is 11.0. The largest absolute Gasteiger partial charge is 0.466 e. The summed E-state index contributed by atoms with van der Waals surface area (Å²) in [6, 6.07) is 0. The molecule has 102 valence electrons. The molecule has 0 aliphatic carbocycles. The van der Waals surface area contributed by atoms with Crippen molar-refractivity contribution in [3.05, 3.63) is 11.9 Å². The van der Waals surface area contributed by atoms with Crippen LogP contribution in [0, 0.1) is 0 Å². The van der Waals surface area contributed by atoms with Crippen LogP contribution in [-0.4, -0.2) is 18.8 Å². The number of hydrogen-bond donors (Lipinski definition) is 0. The predicted octanol–water partition coefficient (Wildman–Crippen LogP) is 3.98. The van der Waals surface area contributed by atoms with E-state index in [9.17, 15) is 31.1 Å². The highest BCUT2D eigenvalue weighted by Gasteiger charge is 2.38. The van der Waals surface area contributed by atoms with E-state index in [0.717, 1.165) is 6.42 Å². The first-order valence-electron chi connectivity index (χ1n) is 4.60. The van der Waals surface area contributed by atoms with Crippen molar-refractivity contribution in [1.29, 1.82) is 0 Å². The van der Waals surface area contributed by atoms with Gasteiger partial charge in [-0.25, -0.2) is 0 Å². The molecule has 0 spiro atoms. The Labute approximate surface area is 94.2 Å². The zero-order chi connectivity index (χ0) is 14.1. The van der Waals surface area contributed by atoms with Gasteiger partial charge in [-0.05, 0) is 6.42 Å². The number of carbonyl (C=O) groups excluding carboxylic acids is 1. The number of allylic oxidation sites excluding steroid dienone is 1. The van der Waals surface area contributed by atoms with Gasteiger partial charge in [-0.2, -0.15) is 26.3 Å². The van der Waals surface area contributed by atoms with Gasteiger partial charge < -0.3 is 4.74 Å². The van der Waals surface area contributed by atoms with Crippen LogP contribution in [0.2, 0.25) is 0 Å². The molecule has 2 nitrogen and oxygen atoms in total. The van der Waals surface area contributed by atoms with Crippen molar-refractivity contribution in [3.63, 3.8) is 0 Å². The standard InChI is InChI=1S/C6H12O2.C3F6/c1-3-5-8-6(7)4-2;4-1(2(5)6)3(7,8)9/h3-5H2,1-2H3;. The number of halogens is 6. The highest BCUT2D eigenvalue weighted by molar-refractivity contribution is 5.68. The molecule has 0 radical (unpaired) electrons. The highest BCUT2D eigenvalue weighted by Crippen LogP contribution is 2.29. The third-order valence-electron chi connectivity index (χ3n) is 1.17. The Hall–Kier alpha value is -1.21. The third kappa shape index (κ3) is 11.1. The first-order valence-corrected chi connectivity index (χ1v) is 4.60. The molecule has 0 aromatic heterocycles. The van der Waals surface area contributed by atoms with Crippen molar-refractivity contribution in [3.8, 4) is 0 Å². The first kappa shape index (κ1) is 18.2. The summed E-state index contributed by atoms with van der Waals surface area (Å²) in [6.07, 6.45) is -7.51. The minimum Gasteiger partial charge on any atom is -0.466 e. The van der Waals surface area contributed by atoms with Gasteiger partial charge >= 0.3 is 18.2 Å². The van der Waals surface area contributed by atoms with Crippen LogP contribution in [0.3, 0.4) is 0 Å². The second-order valence-electron chi connectivity index (χ2n) is 2.65. The molecule has 0 aromatic carbocycles. The molecule has 0 atom stereocenters. The number of esters is 1. The van der Waals surface area contributed by atoms with Crippen LogP contribution in [0.4, 0.5) is 26.3 Å². The van der Waals surface area contributed by atoms with Crippen LogP contribution in [0.1, 0.15) is 26.7 Å². The normalized spacial score (nSPS) is 10.1. The highest BCUT2D eigenvalue weighted by atomic mass is 19.4. The lowest BCUT2D eigenvalue weighted by Crippen LogP contribution is -2.08. The summed E-state index contributed by atoms with van der Waals surface area (Å²) in [5, 5.41) is 0. The molecule has 0 amide bonds. The smallest absolute Gasteiger partial charge is 0.448 e. The SMILES string of the molecule is CCCOC(=O)CC.FC(F)=C(F)C(F)(F)F. The molecule has 0 aliphatic rings. The zero-order valence-electron chi connectivity index (χ0n) is 9.21. The van der Waals surface area contributed by atoms with Crippen LogP contribution in [-0.2, 0) is 9.53 Å². The Kier molecular flexibility index (Phi) is 9.49. The fourth-order valence-corrected chi connectivity index (χ4v) is 0.425. The van der Waals surface area contributed by atoms with Gasteiger partial charge in [0.05, 0.1) is 6.61 Å². The fraction of sp³-hybridized carbons (Fsp3) is 0.667. The van der Waals surface area contributed by atoms with E-state index in [2.05, 4.69) is 0 Å². The van der Waals surface area contributed by atoms with Crippen molar-refractivity contribution in [2.75, 3.05) is 6.61 Å². The number of ether oxygens (including phenoxy) is 1. The van der Waals surface area contributed by atoms with E-state index in [1.165, 1.54) is 0 Å². The van der Waals surface area contributed by atoms with E-state index < -0.39 is 18.1 Å². The zero-order valence-corrected chi connectivity index (χ0v) is 9.21. The average Bonchev–Trinajstić information content (AvgIpc) is 2.24. The van der Waals surface area contributed by atoms with Gasteiger partial charge in [-0.15, -0.1) is 0 Å². The lowest BCUT2D eigenvalue weighted by atomic mass is 10.5. The van der Waals surface area contributed by atoms with Crippen molar-refractivity contribution in [1.82, 2.24) is 0 Å². The van der Waals surface area contributed by atoms with Gasteiger partial charge in [-0.1, -0.05) is 13.8 Å². The van der Waals surface area contributed by atoms with Gasteiger partial charge in [-0.3, -0.25) is 4.79 Å². The molecular weight excluding hydrogens is 254 g/mol. The summed E-state index contributed by atoms with van der Waals surface area (Å²) in [5.74, 6) is -3.44. The molecular formula is C9H12F6O2. The fourth-order valence-electron chi connectivity index (χ4n) is 0.425. The Morgan fingerprint density at radius 3 is 1.76 bits per heavy atom. The van der Waals surface area contributed by atoms with E-state index in [0.29, 0.717) is 13.0 Å². The molecule has 0 unspecified atom stereocenters. The topological polar surface area (TPSA) is 26.3 Å². The maximum absolute atomic E-state index is 11.0. The lowest BCUT2D eigenvalue weighted by Gasteiger charge is -1.98. The summed E-state index contributed by atoms with van der Waals surface area (Å²) in [5.41, 5.74) is 0. The molecule has 0 fully saturated rings. The van der Waals surface area contributed by atoms with Crippen molar-refractivity contribution in [2.45, 2.75) is 32.9 Å². The predicted molar refractivity (Wildman–Crippen MR) is 47.9 cm³/mol. The second-order valence-corrected chi connectivity index (χ2v) is 2.65. The molecule has 0 aliphatic heterocycles. The molecule has 0 N–H and O–H groups in total. The lowest BCUT2D eigenvalue weighted by molar-refractivity contribution is -0.143. The molecule has 0 saturated carbocycles. The Morgan fingerprint density at radius 2 is 1.59 bits per heavy atom. The molecule has 8 heteroatoms. The summed E-state index contributed by atoms with van der Waals surface area (Å²) in [4.78, 5) is 10.3. The minimum atomic E-state index is -5.56. The van der Waals surface area contributed by atoms with Gasteiger partial charge in [0, 0.05) is 6.42 Å². The Balaban J connectivity index is 0. The molecule has 0 bridgehead atoms. The van der Waals surface area contributed by atoms with E-state index in [-0.39, 0.29) is 5.97 Å². The van der Waals surface area contributed by atoms with Crippen molar-refractivity contribution < 1.29 is 35.9 Å². The van der Waals surface area contributed by atoms with Crippen LogP contribution in [0.25, 0.3) is 0 Å². The van der Waals surface area contributed by atoms with Gasteiger partial charge in [0.2, 0.25) is 0 Å². The summed E-state index contributed by atoms with van der Waals surface area (Å²) in [7, 11) is 0. The number of carbonyl (C=O) groups is 1. The molecule has 0 heterocycles. The number of hydrogen-bond acceptors (Lipinski definition) is 2. The van der Waals surface area contributed by atoms with Crippen molar-refractivity contribution in [2.24, 2.45) is 0 Å². The van der Waals surface area contributed by atoms with E-state index in [4.69, 9.17) is 4.74 Å². The molecule has 17 heavy (non-hydrogen) atoms. The first-order chi connectivity index (χ1) is 7.66. The second kappa shape index (κ2) is 8.89. The Morgan fingerprint density at radius 1 is 1.12 bits per heavy atom. The number of alkyl halides is 3. The summed E-state index contributed by atoms with van der Waals surface area (Å²) < 4.78 is 69.5. The minimum absolute atomic E-state index is 0.105. The van der Waals surface area contributed by atoms with E-state index in [1.54, 1.807) is 6.92 Å². The molecule has 0 aromatic rings. The van der Waals surface area contributed by atoms with Crippen molar-refractivity contribution >= 4 is 5.97 Å². The van der Waals surface area contributed by atoms with E-state index >= 15 is 0 Å². The summed E-state index contributed by atoms with van der Waals surface area (Å²) in [6.45, 7) is 4.33. The van der Waals surface area contributed by atoms with Gasteiger partial charge in [0.15, 0.2) is 0 Å². The van der Waals surface area contributed by atoms with Gasteiger partial charge in [0.25, 0.3) is 5.83 Å². The quantitative estimate of drug-likeness (QED) is 0.570. The van der Waals surface area contributed by atoms with Crippen LogP contribution >= 0.6 is 0 Å². The maximum Gasteiger partial charge on any atom is 0.448 e. The average molecular weight is 266 g/mol. The third-order valence-corrected chi connectivity index (χ3v) is 1.17. The van der Waals surface area contributed by atoms with Crippen LogP contribution in [0.15, 0.2) is 11.9 Å². The van der Waals surface area contributed by atoms with Crippen LogP contribution < -0.4 is 0 Å².